The van der Waals surface area contributed by atoms with E-state index in [0.717, 1.165) is 28.5 Å². The Kier molecular flexibility index (Phi) is 8.11. The van der Waals surface area contributed by atoms with Crippen LogP contribution in [0.3, 0.4) is 0 Å². The van der Waals surface area contributed by atoms with E-state index in [2.05, 4.69) is 11.9 Å². The number of benzene rings is 3. The fraction of sp³-hybridized carbons (Fsp3) is 0.231. The number of carbonyl (C=O) groups is 1. The number of carboxylic acids is 1. The third kappa shape index (κ3) is 5.92. The Hall–Kier alpha value is -2.89. The summed E-state index contributed by atoms with van der Waals surface area (Å²) in [5, 5.41) is 10.5. The molecule has 0 saturated carbocycles. The highest BCUT2D eigenvalue weighted by atomic mass is 35.5. The summed E-state index contributed by atoms with van der Waals surface area (Å²) in [5.74, 6) is -0.576. The van der Waals surface area contributed by atoms with Gasteiger partial charge in [-0.3, -0.25) is 4.57 Å². The first kappa shape index (κ1) is 24.7. The molecule has 1 N–H and O–H groups in total. The normalized spacial score (nSPS) is 10.7. The predicted molar refractivity (Wildman–Crippen MR) is 133 cm³/mol. The number of aryl methyl sites for hydroxylation is 3. The van der Waals surface area contributed by atoms with Crippen molar-refractivity contribution in [3.8, 4) is 5.69 Å². The number of fused-ring (bicyclic) bond motifs is 1. The Morgan fingerprint density at radius 3 is 2.45 bits per heavy atom. The van der Waals surface area contributed by atoms with Crippen molar-refractivity contribution in [1.29, 1.82) is 0 Å². The highest BCUT2D eigenvalue weighted by Crippen LogP contribution is 2.25. The summed E-state index contributed by atoms with van der Waals surface area (Å²) in [6.45, 7) is 5.83. The van der Waals surface area contributed by atoms with Gasteiger partial charge < -0.3 is 5.11 Å². The van der Waals surface area contributed by atoms with Gasteiger partial charge in [0.25, 0.3) is 0 Å². The third-order valence-corrected chi connectivity index (χ3v) is 5.87. The van der Waals surface area contributed by atoms with Crippen LogP contribution in [-0.2, 0) is 6.42 Å². The standard InChI is InChI=1S/C16H13FN2O2.C10H12Cl2/c1-9-7-11(16(20)21)3-6-14(9)19-10(2)18-13-5-4-12(17)8-15(13)19;1-2-3-4-8-5-6-9(11)7-10(8)12/h3-8H,1-2H3,(H,20,21);5-7H,2-4H2,1H3. The lowest BCUT2D eigenvalue weighted by Gasteiger charge is -2.11. The molecule has 0 radical (unpaired) electrons. The van der Waals surface area contributed by atoms with Crippen LogP contribution >= 0.6 is 23.2 Å². The van der Waals surface area contributed by atoms with Crippen molar-refractivity contribution in [3.63, 3.8) is 0 Å². The van der Waals surface area contributed by atoms with Crippen LogP contribution in [0.5, 0.6) is 0 Å². The summed E-state index contributed by atoms with van der Waals surface area (Å²) < 4.78 is 15.3. The van der Waals surface area contributed by atoms with E-state index < -0.39 is 5.97 Å². The van der Waals surface area contributed by atoms with Crippen LogP contribution in [0.1, 0.15) is 47.1 Å². The van der Waals surface area contributed by atoms with E-state index in [9.17, 15) is 9.18 Å². The molecule has 0 bridgehead atoms. The van der Waals surface area contributed by atoms with Crippen molar-refractivity contribution < 1.29 is 14.3 Å². The van der Waals surface area contributed by atoms with Gasteiger partial charge in [0, 0.05) is 16.1 Å². The molecule has 0 amide bonds. The molecule has 0 aliphatic rings. The molecule has 4 nitrogen and oxygen atoms in total. The van der Waals surface area contributed by atoms with Crippen LogP contribution in [0.15, 0.2) is 54.6 Å². The second kappa shape index (κ2) is 10.8. The molecule has 0 unspecified atom stereocenters. The predicted octanol–water partition coefficient (Wildman–Crippen LogP) is 7.82. The van der Waals surface area contributed by atoms with Crippen molar-refractivity contribution in [2.45, 2.75) is 40.0 Å². The maximum atomic E-state index is 13.5. The number of halogens is 3. The van der Waals surface area contributed by atoms with Crippen LogP contribution < -0.4 is 0 Å². The van der Waals surface area contributed by atoms with Gasteiger partial charge in [-0.15, -0.1) is 0 Å². The molecule has 0 spiro atoms. The average Bonchev–Trinajstić information content (AvgIpc) is 3.08. The molecule has 1 aromatic heterocycles. The zero-order chi connectivity index (χ0) is 24.1. The van der Waals surface area contributed by atoms with E-state index in [4.69, 9.17) is 28.3 Å². The molecule has 0 saturated heterocycles. The minimum absolute atomic E-state index is 0.226. The first-order valence-corrected chi connectivity index (χ1v) is 11.4. The summed E-state index contributed by atoms with van der Waals surface area (Å²) in [6, 6.07) is 15.0. The molecule has 3 aromatic carbocycles. The van der Waals surface area contributed by atoms with Crippen LogP contribution in [0.4, 0.5) is 4.39 Å². The van der Waals surface area contributed by atoms with E-state index in [1.807, 2.05) is 30.5 Å². The van der Waals surface area contributed by atoms with Crippen molar-refractivity contribution >= 4 is 40.2 Å². The molecule has 33 heavy (non-hydrogen) atoms. The smallest absolute Gasteiger partial charge is 0.335 e. The molecule has 0 aliphatic carbocycles. The molecule has 0 fully saturated rings. The van der Waals surface area contributed by atoms with Gasteiger partial charge in [-0.1, -0.05) is 42.6 Å². The summed E-state index contributed by atoms with van der Waals surface area (Å²) in [4.78, 5) is 15.4. The van der Waals surface area contributed by atoms with Crippen LogP contribution in [0.25, 0.3) is 16.7 Å². The lowest BCUT2D eigenvalue weighted by atomic mass is 10.1. The van der Waals surface area contributed by atoms with Crippen molar-refractivity contribution in [2.24, 2.45) is 0 Å². The SMILES string of the molecule is CCCCc1ccc(Cl)cc1Cl.Cc1cc(C(=O)O)ccc1-n1c(C)nc2ccc(F)cc21. The third-order valence-electron chi connectivity index (χ3n) is 5.28. The first-order valence-electron chi connectivity index (χ1n) is 10.6. The summed E-state index contributed by atoms with van der Waals surface area (Å²) in [6.07, 6.45) is 3.42. The van der Waals surface area contributed by atoms with E-state index >= 15 is 0 Å². The summed E-state index contributed by atoms with van der Waals surface area (Å²) in [5.41, 5.74) is 4.38. The number of nitrogens with zero attached hydrogens (tertiary/aromatic N) is 2. The highest BCUT2D eigenvalue weighted by molar-refractivity contribution is 6.35. The minimum Gasteiger partial charge on any atom is -0.478 e. The van der Waals surface area contributed by atoms with Gasteiger partial charge in [-0.2, -0.15) is 0 Å². The highest BCUT2D eigenvalue weighted by Gasteiger charge is 2.13. The van der Waals surface area contributed by atoms with E-state index in [1.165, 1.54) is 36.6 Å². The molecule has 4 aromatic rings. The second-order valence-electron chi connectivity index (χ2n) is 7.77. The molecule has 7 heteroatoms. The zero-order valence-corrected chi connectivity index (χ0v) is 20.2. The van der Waals surface area contributed by atoms with Crippen LogP contribution in [0, 0.1) is 19.7 Å². The second-order valence-corrected chi connectivity index (χ2v) is 8.62. The Bertz CT molecular complexity index is 1300. The zero-order valence-electron chi connectivity index (χ0n) is 18.7. The van der Waals surface area contributed by atoms with E-state index in [1.54, 1.807) is 24.3 Å². The van der Waals surface area contributed by atoms with Crippen molar-refractivity contribution in [1.82, 2.24) is 9.55 Å². The van der Waals surface area contributed by atoms with Crippen LogP contribution in [0.2, 0.25) is 10.0 Å². The fourth-order valence-electron chi connectivity index (χ4n) is 3.60. The maximum absolute atomic E-state index is 13.5. The van der Waals surface area contributed by atoms with Crippen LogP contribution in [-0.4, -0.2) is 20.6 Å². The fourth-order valence-corrected chi connectivity index (χ4v) is 4.11. The molecular formula is C26H25Cl2FN2O2. The Morgan fingerprint density at radius 1 is 1.06 bits per heavy atom. The molecule has 172 valence electrons. The monoisotopic (exact) mass is 486 g/mol. The number of unbranched alkanes of at least 4 members (excludes halogenated alkanes) is 1. The van der Waals surface area contributed by atoms with Crippen molar-refractivity contribution in [2.75, 3.05) is 0 Å². The lowest BCUT2D eigenvalue weighted by Crippen LogP contribution is -2.03. The number of hydrogen-bond donors (Lipinski definition) is 1. The van der Waals surface area contributed by atoms with E-state index in [0.29, 0.717) is 16.1 Å². The largest absolute Gasteiger partial charge is 0.478 e. The Labute approximate surface area is 202 Å². The lowest BCUT2D eigenvalue weighted by molar-refractivity contribution is 0.0697. The molecule has 4 rings (SSSR count). The summed E-state index contributed by atoms with van der Waals surface area (Å²) >= 11 is 11.7. The Morgan fingerprint density at radius 2 is 1.82 bits per heavy atom. The maximum Gasteiger partial charge on any atom is 0.335 e. The van der Waals surface area contributed by atoms with E-state index in [-0.39, 0.29) is 11.4 Å². The number of carboxylic acid groups (broad SMARTS) is 1. The average molecular weight is 487 g/mol. The minimum atomic E-state index is -0.970. The first-order chi connectivity index (χ1) is 15.7. The van der Waals surface area contributed by atoms with Gasteiger partial charge in [0.1, 0.15) is 11.6 Å². The van der Waals surface area contributed by atoms with Gasteiger partial charge in [-0.05, 0) is 80.3 Å². The van der Waals surface area contributed by atoms with Gasteiger partial charge in [0.05, 0.1) is 22.3 Å². The van der Waals surface area contributed by atoms with Crippen molar-refractivity contribution in [3.05, 3.63) is 93.0 Å². The molecule has 0 atom stereocenters. The molecule has 0 aliphatic heterocycles. The Balaban J connectivity index is 0.000000218. The summed E-state index contributed by atoms with van der Waals surface area (Å²) in [7, 11) is 0. The molecular weight excluding hydrogens is 462 g/mol. The topological polar surface area (TPSA) is 55.1 Å². The number of aromatic carboxylic acids is 1. The number of rotatable bonds is 5. The number of imidazole rings is 1. The van der Waals surface area contributed by atoms with Gasteiger partial charge in [0.2, 0.25) is 0 Å². The molecule has 1 heterocycles. The number of hydrogen-bond acceptors (Lipinski definition) is 2. The van der Waals surface area contributed by atoms with Gasteiger partial charge in [-0.25, -0.2) is 14.2 Å². The van der Waals surface area contributed by atoms with Gasteiger partial charge >= 0.3 is 5.97 Å². The van der Waals surface area contributed by atoms with Gasteiger partial charge in [0.15, 0.2) is 0 Å². The number of aromatic nitrogens is 2. The quantitative estimate of drug-likeness (QED) is 0.312.